The predicted octanol–water partition coefficient (Wildman–Crippen LogP) is 3.21. The first-order valence-electron chi connectivity index (χ1n) is 5.27. The van der Waals surface area contributed by atoms with Crippen LogP contribution in [0.25, 0.3) is 0 Å². The molecule has 1 rings (SSSR count). The fourth-order valence-electron chi connectivity index (χ4n) is 1.17. The van der Waals surface area contributed by atoms with E-state index in [-0.39, 0.29) is 0 Å². The summed E-state index contributed by atoms with van der Waals surface area (Å²) in [7, 11) is 0. The number of nitrogens with one attached hydrogen (secondary N) is 1. The Balaban J connectivity index is 2.42. The smallest absolute Gasteiger partial charge is 0.0208 e. The highest BCUT2D eigenvalue weighted by Gasteiger charge is 2.18. The Labute approximate surface area is 87.5 Å². The van der Waals surface area contributed by atoms with E-state index in [4.69, 9.17) is 0 Å². The molecule has 0 heterocycles. The second kappa shape index (κ2) is 4.61. The summed E-state index contributed by atoms with van der Waals surface area (Å²) in [5, 5.41) is 3.54. The summed E-state index contributed by atoms with van der Waals surface area (Å²) in [4.78, 5) is 0. The van der Waals surface area contributed by atoms with Crippen LogP contribution < -0.4 is 5.32 Å². The van der Waals surface area contributed by atoms with Crippen molar-refractivity contribution in [1.82, 2.24) is 5.32 Å². The molecule has 0 fully saturated rings. The molecule has 0 aliphatic carbocycles. The molecule has 0 radical (unpaired) electrons. The maximum absolute atomic E-state index is 3.54. The van der Waals surface area contributed by atoms with Crippen LogP contribution in [0, 0.1) is 5.41 Å². The van der Waals surface area contributed by atoms with Crippen LogP contribution in [0.2, 0.25) is 0 Å². The van der Waals surface area contributed by atoms with Gasteiger partial charge in [-0.15, -0.1) is 0 Å². The molecule has 78 valence electrons. The van der Waals surface area contributed by atoms with E-state index >= 15 is 0 Å². The van der Waals surface area contributed by atoms with Gasteiger partial charge in [0, 0.05) is 12.6 Å². The molecule has 0 saturated heterocycles. The molecular weight excluding hydrogens is 170 g/mol. The second-order valence-electron chi connectivity index (χ2n) is 4.95. The van der Waals surface area contributed by atoms with Crippen LogP contribution in [0.5, 0.6) is 0 Å². The van der Waals surface area contributed by atoms with E-state index in [9.17, 15) is 0 Å². The molecule has 0 aliphatic heterocycles. The number of rotatable bonds is 3. The standard InChI is InChI=1S/C13H21N/c1-11(13(2,3)4)14-10-12-8-6-5-7-9-12/h5-9,11,14H,10H2,1-4H3/t11-/m1/s1. The van der Waals surface area contributed by atoms with Crippen LogP contribution in [0.15, 0.2) is 30.3 Å². The Kier molecular flexibility index (Phi) is 3.70. The molecule has 0 spiro atoms. The summed E-state index contributed by atoms with van der Waals surface area (Å²) in [5.74, 6) is 0. The highest BCUT2D eigenvalue weighted by atomic mass is 14.9. The van der Waals surface area contributed by atoms with Gasteiger partial charge < -0.3 is 5.32 Å². The van der Waals surface area contributed by atoms with Gasteiger partial charge in [-0.3, -0.25) is 0 Å². The summed E-state index contributed by atoms with van der Waals surface area (Å²) in [6.45, 7) is 9.98. The summed E-state index contributed by atoms with van der Waals surface area (Å²) in [5.41, 5.74) is 1.68. The fraction of sp³-hybridized carbons (Fsp3) is 0.538. The summed E-state index contributed by atoms with van der Waals surface area (Å²) in [6, 6.07) is 11.1. The third-order valence-electron chi connectivity index (χ3n) is 2.75. The van der Waals surface area contributed by atoms with Gasteiger partial charge in [0.25, 0.3) is 0 Å². The molecule has 1 N–H and O–H groups in total. The van der Waals surface area contributed by atoms with Crippen molar-refractivity contribution >= 4 is 0 Å². The Morgan fingerprint density at radius 2 is 1.71 bits per heavy atom. The Morgan fingerprint density at radius 3 is 2.21 bits per heavy atom. The van der Waals surface area contributed by atoms with Gasteiger partial charge in [0.2, 0.25) is 0 Å². The zero-order valence-electron chi connectivity index (χ0n) is 9.67. The van der Waals surface area contributed by atoms with Crippen LogP contribution in [0.4, 0.5) is 0 Å². The van der Waals surface area contributed by atoms with Gasteiger partial charge >= 0.3 is 0 Å². The van der Waals surface area contributed by atoms with Crippen LogP contribution in [-0.4, -0.2) is 6.04 Å². The van der Waals surface area contributed by atoms with Gasteiger partial charge in [0.15, 0.2) is 0 Å². The number of hydrogen-bond acceptors (Lipinski definition) is 1. The van der Waals surface area contributed by atoms with Crippen molar-refractivity contribution in [2.24, 2.45) is 5.41 Å². The molecule has 0 saturated carbocycles. The average molecular weight is 191 g/mol. The largest absolute Gasteiger partial charge is 0.310 e. The molecule has 0 aliphatic rings. The topological polar surface area (TPSA) is 12.0 Å². The quantitative estimate of drug-likeness (QED) is 0.773. The minimum Gasteiger partial charge on any atom is -0.310 e. The fourth-order valence-corrected chi connectivity index (χ4v) is 1.17. The lowest BCUT2D eigenvalue weighted by molar-refractivity contribution is 0.285. The van der Waals surface area contributed by atoms with E-state index in [1.165, 1.54) is 5.56 Å². The van der Waals surface area contributed by atoms with Gasteiger partial charge in [-0.25, -0.2) is 0 Å². The lowest BCUT2D eigenvalue weighted by atomic mass is 9.88. The first-order chi connectivity index (χ1) is 6.50. The second-order valence-corrected chi connectivity index (χ2v) is 4.95. The zero-order valence-corrected chi connectivity index (χ0v) is 9.67. The lowest BCUT2D eigenvalue weighted by Gasteiger charge is -2.28. The minimum atomic E-state index is 0.328. The first-order valence-corrected chi connectivity index (χ1v) is 5.27. The van der Waals surface area contributed by atoms with E-state index in [1.807, 2.05) is 0 Å². The maximum Gasteiger partial charge on any atom is 0.0208 e. The van der Waals surface area contributed by atoms with E-state index in [1.54, 1.807) is 0 Å². The van der Waals surface area contributed by atoms with Crippen molar-refractivity contribution in [3.8, 4) is 0 Å². The molecule has 1 nitrogen and oxygen atoms in total. The summed E-state index contributed by atoms with van der Waals surface area (Å²) in [6.07, 6.45) is 0. The van der Waals surface area contributed by atoms with Crippen molar-refractivity contribution in [1.29, 1.82) is 0 Å². The van der Waals surface area contributed by atoms with E-state index in [2.05, 4.69) is 63.3 Å². The zero-order chi connectivity index (χ0) is 10.6. The Hall–Kier alpha value is -0.820. The average Bonchev–Trinajstić information content (AvgIpc) is 2.14. The summed E-state index contributed by atoms with van der Waals surface area (Å²) < 4.78 is 0. The van der Waals surface area contributed by atoms with Crippen molar-refractivity contribution in [3.05, 3.63) is 35.9 Å². The van der Waals surface area contributed by atoms with Crippen molar-refractivity contribution in [3.63, 3.8) is 0 Å². The molecule has 0 amide bonds. The lowest BCUT2D eigenvalue weighted by Crippen LogP contribution is -2.37. The van der Waals surface area contributed by atoms with Crippen molar-refractivity contribution in [2.45, 2.75) is 40.3 Å². The van der Waals surface area contributed by atoms with Gasteiger partial charge in [-0.05, 0) is 17.9 Å². The van der Waals surface area contributed by atoms with E-state index in [0.29, 0.717) is 11.5 Å². The van der Waals surface area contributed by atoms with Crippen LogP contribution in [0.1, 0.15) is 33.3 Å². The first kappa shape index (κ1) is 11.3. The molecule has 14 heavy (non-hydrogen) atoms. The SMILES string of the molecule is C[C@@H](NCc1ccccc1)C(C)(C)C. The summed E-state index contributed by atoms with van der Waals surface area (Å²) >= 11 is 0. The third-order valence-corrected chi connectivity index (χ3v) is 2.75. The van der Waals surface area contributed by atoms with Gasteiger partial charge in [-0.2, -0.15) is 0 Å². The molecule has 1 aromatic carbocycles. The molecular formula is C13H21N. The number of hydrogen-bond donors (Lipinski definition) is 1. The van der Waals surface area contributed by atoms with E-state index in [0.717, 1.165) is 6.54 Å². The highest BCUT2D eigenvalue weighted by Crippen LogP contribution is 2.18. The van der Waals surface area contributed by atoms with Crippen LogP contribution >= 0.6 is 0 Å². The molecule has 0 aromatic heterocycles. The third kappa shape index (κ3) is 3.51. The molecule has 1 atom stereocenters. The highest BCUT2D eigenvalue weighted by molar-refractivity contribution is 5.14. The molecule has 1 aromatic rings. The minimum absolute atomic E-state index is 0.328. The monoisotopic (exact) mass is 191 g/mol. The normalized spacial score (nSPS) is 14.0. The maximum atomic E-state index is 3.54. The van der Waals surface area contributed by atoms with Gasteiger partial charge in [0.05, 0.1) is 0 Å². The molecule has 1 heteroatoms. The van der Waals surface area contributed by atoms with Crippen molar-refractivity contribution in [2.75, 3.05) is 0 Å². The number of benzene rings is 1. The van der Waals surface area contributed by atoms with Gasteiger partial charge in [-0.1, -0.05) is 51.1 Å². The van der Waals surface area contributed by atoms with E-state index < -0.39 is 0 Å². The van der Waals surface area contributed by atoms with Gasteiger partial charge in [0.1, 0.15) is 0 Å². The van der Waals surface area contributed by atoms with Crippen LogP contribution in [-0.2, 0) is 6.54 Å². The van der Waals surface area contributed by atoms with Crippen LogP contribution in [0.3, 0.4) is 0 Å². The molecule has 0 unspecified atom stereocenters. The predicted molar refractivity (Wildman–Crippen MR) is 62.2 cm³/mol. The Morgan fingerprint density at radius 1 is 1.14 bits per heavy atom. The van der Waals surface area contributed by atoms with Crippen molar-refractivity contribution < 1.29 is 0 Å². The Bertz CT molecular complexity index is 258. The molecule has 0 bridgehead atoms.